The molecule has 1 aliphatic carbocycles. The van der Waals surface area contributed by atoms with Gasteiger partial charge >= 0.3 is 5.97 Å². The summed E-state index contributed by atoms with van der Waals surface area (Å²) in [5.41, 5.74) is -0.167. The summed E-state index contributed by atoms with van der Waals surface area (Å²) in [6.07, 6.45) is 2.52. The average Bonchev–Trinajstić information content (AvgIpc) is 3.05. The molecule has 1 aromatic carbocycles. The Labute approximate surface area is 129 Å². The van der Waals surface area contributed by atoms with Gasteiger partial charge in [-0.15, -0.1) is 0 Å². The van der Waals surface area contributed by atoms with Crippen molar-refractivity contribution < 1.29 is 19.4 Å². The van der Waals surface area contributed by atoms with Crippen LogP contribution in [0.1, 0.15) is 36.5 Å². The minimum atomic E-state index is -0.756. The van der Waals surface area contributed by atoms with Crippen LogP contribution in [0.15, 0.2) is 24.3 Å². The summed E-state index contributed by atoms with van der Waals surface area (Å²) in [7, 11) is 0. The fourth-order valence-electron chi connectivity index (χ4n) is 3.86. The first kappa shape index (κ1) is 14.9. The monoisotopic (exact) mass is 303 g/mol. The summed E-state index contributed by atoms with van der Waals surface area (Å²) in [5, 5.41) is 9.60. The molecule has 1 saturated carbocycles. The number of carbonyl (C=O) groups excluding carboxylic acids is 1. The van der Waals surface area contributed by atoms with Gasteiger partial charge in [0.1, 0.15) is 5.75 Å². The van der Waals surface area contributed by atoms with Crippen LogP contribution in [0.4, 0.5) is 0 Å². The lowest BCUT2D eigenvalue weighted by Crippen LogP contribution is -2.37. The zero-order valence-electron chi connectivity index (χ0n) is 12.7. The average molecular weight is 303 g/mol. The number of rotatable bonds is 4. The van der Waals surface area contributed by atoms with Gasteiger partial charge in [-0.3, -0.25) is 9.59 Å². The van der Waals surface area contributed by atoms with Gasteiger partial charge in [0.05, 0.1) is 12.0 Å². The van der Waals surface area contributed by atoms with Crippen LogP contribution in [0.25, 0.3) is 0 Å². The van der Waals surface area contributed by atoms with Gasteiger partial charge in [-0.05, 0) is 43.9 Å². The number of amides is 1. The predicted octanol–water partition coefficient (Wildman–Crippen LogP) is 2.41. The Bertz CT molecular complexity index is 600. The third kappa shape index (κ3) is 2.34. The number of carbonyl (C=O) groups is 2. The Balaban J connectivity index is 1.79. The fourth-order valence-corrected chi connectivity index (χ4v) is 3.86. The van der Waals surface area contributed by atoms with Gasteiger partial charge in [0.2, 0.25) is 0 Å². The molecule has 1 heterocycles. The molecule has 1 saturated heterocycles. The Hall–Kier alpha value is -2.04. The number of benzene rings is 1. The molecule has 0 unspecified atom stereocenters. The minimum Gasteiger partial charge on any atom is -0.494 e. The molecule has 0 radical (unpaired) electrons. The number of ether oxygens (including phenoxy) is 1. The van der Waals surface area contributed by atoms with E-state index in [-0.39, 0.29) is 11.8 Å². The topological polar surface area (TPSA) is 66.8 Å². The Morgan fingerprint density at radius 3 is 2.95 bits per heavy atom. The molecular formula is C17H21NO4. The maximum atomic E-state index is 12.7. The first-order valence-corrected chi connectivity index (χ1v) is 7.82. The highest BCUT2D eigenvalue weighted by atomic mass is 16.5. The maximum Gasteiger partial charge on any atom is 0.311 e. The number of likely N-dealkylation sites (tertiary alicyclic amines) is 1. The first-order chi connectivity index (χ1) is 10.6. The molecule has 3 rings (SSSR count). The first-order valence-electron chi connectivity index (χ1n) is 7.82. The molecular weight excluding hydrogens is 282 g/mol. The highest BCUT2D eigenvalue weighted by Gasteiger charge is 2.55. The molecule has 1 aliphatic heterocycles. The van der Waals surface area contributed by atoms with Gasteiger partial charge < -0.3 is 14.7 Å². The summed E-state index contributed by atoms with van der Waals surface area (Å²) in [6, 6.07) is 7.10. The van der Waals surface area contributed by atoms with Gasteiger partial charge in [-0.25, -0.2) is 0 Å². The smallest absolute Gasteiger partial charge is 0.311 e. The van der Waals surface area contributed by atoms with Crippen LogP contribution in [-0.2, 0) is 4.79 Å². The van der Waals surface area contributed by atoms with Crippen molar-refractivity contribution in [2.45, 2.75) is 26.2 Å². The Morgan fingerprint density at radius 1 is 1.45 bits per heavy atom. The van der Waals surface area contributed by atoms with Crippen molar-refractivity contribution in [3.8, 4) is 5.75 Å². The zero-order chi connectivity index (χ0) is 15.7. The van der Waals surface area contributed by atoms with Gasteiger partial charge in [-0.2, -0.15) is 0 Å². The van der Waals surface area contributed by atoms with E-state index in [2.05, 4.69) is 0 Å². The zero-order valence-corrected chi connectivity index (χ0v) is 12.7. The molecule has 2 aliphatic rings. The molecule has 22 heavy (non-hydrogen) atoms. The van der Waals surface area contributed by atoms with Crippen LogP contribution in [0, 0.1) is 11.3 Å². The summed E-state index contributed by atoms with van der Waals surface area (Å²) >= 11 is 0. The van der Waals surface area contributed by atoms with E-state index in [1.54, 1.807) is 23.1 Å². The van der Waals surface area contributed by atoms with Gasteiger partial charge in [0.25, 0.3) is 5.91 Å². The normalized spacial score (nSPS) is 26.8. The van der Waals surface area contributed by atoms with Crippen molar-refractivity contribution in [3.63, 3.8) is 0 Å². The van der Waals surface area contributed by atoms with E-state index in [0.29, 0.717) is 37.4 Å². The third-order valence-corrected chi connectivity index (χ3v) is 4.98. The van der Waals surface area contributed by atoms with Crippen LogP contribution < -0.4 is 4.74 Å². The lowest BCUT2D eigenvalue weighted by atomic mass is 9.81. The van der Waals surface area contributed by atoms with E-state index in [9.17, 15) is 14.7 Å². The molecule has 1 aromatic rings. The van der Waals surface area contributed by atoms with E-state index in [4.69, 9.17) is 4.74 Å². The second-order valence-corrected chi connectivity index (χ2v) is 6.20. The molecule has 2 atom stereocenters. The van der Waals surface area contributed by atoms with Crippen LogP contribution in [0.2, 0.25) is 0 Å². The number of nitrogens with zero attached hydrogens (tertiary/aromatic N) is 1. The number of aliphatic carboxylic acids is 1. The van der Waals surface area contributed by atoms with Crippen LogP contribution >= 0.6 is 0 Å². The second-order valence-electron chi connectivity index (χ2n) is 6.20. The van der Waals surface area contributed by atoms with Crippen LogP contribution in [0.5, 0.6) is 5.75 Å². The van der Waals surface area contributed by atoms with Crippen molar-refractivity contribution in [1.29, 1.82) is 0 Å². The van der Waals surface area contributed by atoms with Crippen LogP contribution in [-0.4, -0.2) is 41.6 Å². The quantitative estimate of drug-likeness (QED) is 0.927. The minimum absolute atomic E-state index is 0.0871. The van der Waals surface area contributed by atoms with Gasteiger partial charge in [0, 0.05) is 18.7 Å². The SMILES string of the molecule is CCOc1cccc(C(=O)N2C[C@@H]3CCC[C@@]3(C(=O)O)C2)c1. The molecule has 0 spiro atoms. The molecule has 5 heteroatoms. The van der Waals surface area contributed by atoms with E-state index < -0.39 is 11.4 Å². The molecule has 1 amide bonds. The number of carboxylic acid groups (broad SMARTS) is 1. The standard InChI is InChI=1S/C17H21NO4/c1-2-22-14-7-3-5-12(9-14)15(19)18-10-13-6-4-8-17(13,11-18)16(20)21/h3,5,7,9,13H,2,4,6,8,10-11H2,1H3,(H,20,21)/t13-,17+/m0/s1. The van der Waals surface area contributed by atoms with Crippen molar-refractivity contribution in [3.05, 3.63) is 29.8 Å². The highest BCUT2D eigenvalue weighted by molar-refractivity contribution is 5.95. The number of hydrogen-bond donors (Lipinski definition) is 1. The number of hydrogen-bond acceptors (Lipinski definition) is 3. The lowest BCUT2D eigenvalue weighted by molar-refractivity contribution is -0.149. The van der Waals surface area contributed by atoms with E-state index >= 15 is 0 Å². The van der Waals surface area contributed by atoms with E-state index in [1.165, 1.54) is 0 Å². The summed E-state index contributed by atoms with van der Waals surface area (Å²) in [4.78, 5) is 26.1. The van der Waals surface area contributed by atoms with E-state index in [1.807, 2.05) is 13.0 Å². The second kappa shape index (κ2) is 5.63. The molecule has 5 nitrogen and oxygen atoms in total. The molecule has 0 aromatic heterocycles. The molecule has 118 valence electrons. The number of carboxylic acids is 1. The fraction of sp³-hybridized carbons (Fsp3) is 0.529. The largest absolute Gasteiger partial charge is 0.494 e. The maximum absolute atomic E-state index is 12.7. The van der Waals surface area contributed by atoms with Crippen molar-refractivity contribution in [2.75, 3.05) is 19.7 Å². The van der Waals surface area contributed by atoms with Crippen LogP contribution in [0.3, 0.4) is 0 Å². The molecule has 0 bridgehead atoms. The molecule has 2 fully saturated rings. The Kier molecular flexibility index (Phi) is 3.81. The van der Waals surface area contributed by atoms with Crippen molar-refractivity contribution in [2.24, 2.45) is 11.3 Å². The van der Waals surface area contributed by atoms with E-state index in [0.717, 1.165) is 12.8 Å². The lowest BCUT2D eigenvalue weighted by Gasteiger charge is -2.23. The number of fused-ring (bicyclic) bond motifs is 1. The van der Waals surface area contributed by atoms with Gasteiger partial charge in [-0.1, -0.05) is 12.5 Å². The predicted molar refractivity (Wildman–Crippen MR) is 80.9 cm³/mol. The summed E-state index contributed by atoms with van der Waals surface area (Å²) in [5.74, 6) is -0.102. The highest BCUT2D eigenvalue weighted by Crippen LogP contribution is 2.49. The van der Waals surface area contributed by atoms with Crippen molar-refractivity contribution in [1.82, 2.24) is 4.90 Å². The summed E-state index contributed by atoms with van der Waals surface area (Å²) in [6.45, 7) is 3.31. The van der Waals surface area contributed by atoms with Gasteiger partial charge in [0.15, 0.2) is 0 Å². The Morgan fingerprint density at radius 2 is 2.27 bits per heavy atom. The molecule has 1 N–H and O–H groups in total. The third-order valence-electron chi connectivity index (χ3n) is 4.98. The summed E-state index contributed by atoms with van der Waals surface area (Å²) < 4.78 is 5.43. The van der Waals surface area contributed by atoms with Crippen molar-refractivity contribution >= 4 is 11.9 Å².